The molecular weight excluding hydrogens is 1070 g/mol. The van der Waals surface area contributed by atoms with E-state index in [9.17, 15) is 22.8 Å². The average molecular weight is 1120 g/mol. The van der Waals surface area contributed by atoms with Crippen LogP contribution >= 0.6 is 0 Å². The van der Waals surface area contributed by atoms with E-state index in [1.807, 2.05) is 13.8 Å². The summed E-state index contributed by atoms with van der Waals surface area (Å²) in [5, 5.41) is 15.2. The number of aromatic amines is 1. The van der Waals surface area contributed by atoms with Crippen molar-refractivity contribution in [2.45, 2.75) is 135 Å². The smallest absolute Gasteiger partial charge is 0.299 e. The number of benzene rings is 3. The lowest BCUT2D eigenvalue weighted by atomic mass is 9.56. The number of nitrogens with one attached hydrogen (secondary N) is 1. The van der Waals surface area contributed by atoms with Gasteiger partial charge in [0.25, 0.3) is 0 Å². The lowest BCUT2D eigenvalue weighted by Crippen LogP contribution is -2.52. The van der Waals surface area contributed by atoms with Gasteiger partial charge in [-0.05, 0) is 52.2 Å². The van der Waals surface area contributed by atoms with Gasteiger partial charge in [-0.15, -0.1) is 0 Å². The summed E-state index contributed by atoms with van der Waals surface area (Å²) < 4.78 is 142. The van der Waals surface area contributed by atoms with E-state index < -0.39 is 116 Å². The van der Waals surface area contributed by atoms with Gasteiger partial charge >= 0.3 is 18.5 Å². The van der Waals surface area contributed by atoms with Crippen molar-refractivity contribution in [3.63, 3.8) is 0 Å². The zero-order valence-corrected chi connectivity index (χ0v) is 45.3. The summed E-state index contributed by atoms with van der Waals surface area (Å²) in [7, 11) is 0. The Bertz CT molecular complexity index is 3720. The molecule has 1 N–H and O–H groups in total. The first-order chi connectivity index (χ1) is 37.8. The number of carbonyl (C=O) groups is 3. The van der Waals surface area contributed by atoms with E-state index in [2.05, 4.69) is 25.4 Å². The van der Waals surface area contributed by atoms with E-state index in [-0.39, 0.29) is 77.9 Å². The first-order valence-corrected chi connectivity index (χ1v) is 26.8. The fourth-order valence-corrected chi connectivity index (χ4v) is 15.3. The highest BCUT2D eigenvalue weighted by atomic mass is 19.4. The van der Waals surface area contributed by atoms with Gasteiger partial charge < -0.3 is 0 Å². The van der Waals surface area contributed by atoms with Crippen LogP contribution in [0, 0.1) is 34.0 Å². The molecule has 0 radical (unpaired) electrons. The van der Waals surface area contributed by atoms with Gasteiger partial charge in [-0.25, -0.2) is 15.0 Å². The predicted octanol–water partition coefficient (Wildman–Crippen LogP) is 13.4. The molecule has 3 saturated carbocycles. The van der Waals surface area contributed by atoms with Crippen LogP contribution in [0.3, 0.4) is 0 Å². The van der Waals surface area contributed by atoms with Crippen LogP contribution in [0.2, 0.25) is 0 Å². The van der Waals surface area contributed by atoms with Gasteiger partial charge in [0.2, 0.25) is 0 Å². The van der Waals surface area contributed by atoms with Gasteiger partial charge in [0.05, 0.1) is 17.8 Å². The largest absolute Gasteiger partial charge is 0.433 e. The number of rotatable bonds is 7. The van der Waals surface area contributed by atoms with E-state index >= 15 is 31.1 Å². The lowest BCUT2D eigenvalue weighted by Gasteiger charge is -2.47. The zero-order chi connectivity index (χ0) is 58.0. The fourth-order valence-electron chi connectivity index (χ4n) is 15.3. The normalized spacial score (nSPS) is 29.8. The number of Topliss-reactive ketones (excluding diaryl/α,β-unsaturated/α-hetero) is 3. The van der Waals surface area contributed by atoms with Gasteiger partial charge in [0.1, 0.15) is 34.4 Å². The molecule has 0 saturated heterocycles. The summed E-state index contributed by atoms with van der Waals surface area (Å²) in [5.41, 5.74) is -11.0. The van der Waals surface area contributed by atoms with Gasteiger partial charge in [-0.2, -0.15) is 54.8 Å². The molecule has 12 rings (SSSR count). The first-order valence-electron chi connectivity index (χ1n) is 26.8. The molecule has 0 bridgehead atoms. The lowest BCUT2D eigenvalue weighted by molar-refractivity contribution is -0.147. The van der Waals surface area contributed by atoms with E-state index in [0.29, 0.717) is 28.8 Å². The highest BCUT2D eigenvalue weighted by molar-refractivity contribution is 6.14. The summed E-state index contributed by atoms with van der Waals surface area (Å²) in [6, 6.07) is 24.8. The van der Waals surface area contributed by atoms with Crippen molar-refractivity contribution in [3.8, 4) is 0 Å². The number of alkyl halides is 9. The van der Waals surface area contributed by atoms with Gasteiger partial charge in [-0.3, -0.25) is 28.8 Å². The van der Waals surface area contributed by atoms with Crippen molar-refractivity contribution >= 4 is 51.9 Å². The van der Waals surface area contributed by atoms with Crippen molar-refractivity contribution in [3.05, 3.63) is 141 Å². The molecule has 21 heteroatoms. The van der Waals surface area contributed by atoms with E-state index in [0.717, 1.165) is 9.36 Å². The van der Waals surface area contributed by atoms with Crippen LogP contribution in [0.5, 0.6) is 0 Å². The quantitative estimate of drug-likeness (QED) is 0.157. The van der Waals surface area contributed by atoms with Crippen LogP contribution in [-0.4, -0.2) is 64.2 Å². The SMILES string of the molecule is CC1(C)CC(=O)C2C(=Nc3nn(CC4(C)CC(=O)C5C(=Nc6nn(CC7(C)CC(=O)C8C(=Nc9n[nH]c(C(F)(F)F)c9C8(C)c8ccccc8)C7)c(C(F)(F)F)c6C5(C)c5ccccc5)C4)c(C(F)(F)F)c3C2(C)c2ccccc2)C1. The third-order valence-corrected chi connectivity index (χ3v) is 18.4. The molecule has 8 unspecified atom stereocenters. The number of aliphatic imine (C=N–C) groups is 3. The molecule has 3 fully saturated rings. The molecule has 8 atom stereocenters. The molecule has 3 aromatic heterocycles. The van der Waals surface area contributed by atoms with E-state index in [4.69, 9.17) is 9.98 Å². The van der Waals surface area contributed by atoms with Crippen LogP contribution in [0.25, 0.3) is 0 Å². The summed E-state index contributed by atoms with van der Waals surface area (Å²) in [6.07, 6.45) is -15.7. The molecule has 6 aliphatic rings. The van der Waals surface area contributed by atoms with Gasteiger partial charge in [0, 0.05) is 82.4 Å². The predicted molar refractivity (Wildman–Crippen MR) is 281 cm³/mol. The molecule has 3 aliphatic heterocycles. The van der Waals surface area contributed by atoms with Gasteiger partial charge in [0.15, 0.2) is 17.5 Å². The Balaban J connectivity index is 0.960. The topological polar surface area (TPSA) is 153 Å². The molecule has 3 aromatic carbocycles. The van der Waals surface area contributed by atoms with Crippen molar-refractivity contribution in [1.82, 2.24) is 29.8 Å². The maximum absolute atomic E-state index is 16.2. The van der Waals surface area contributed by atoms with Crippen LogP contribution in [0.4, 0.5) is 57.0 Å². The molecule has 81 heavy (non-hydrogen) atoms. The summed E-state index contributed by atoms with van der Waals surface area (Å²) in [5.74, 6) is -5.84. The first kappa shape index (κ1) is 54.3. The molecule has 3 aliphatic carbocycles. The van der Waals surface area contributed by atoms with Crippen molar-refractivity contribution < 1.29 is 53.9 Å². The van der Waals surface area contributed by atoms with Crippen LogP contribution in [0.1, 0.15) is 137 Å². The minimum atomic E-state index is -5.15. The second kappa shape index (κ2) is 17.6. The van der Waals surface area contributed by atoms with Crippen molar-refractivity contribution in [2.75, 3.05) is 0 Å². The maximum atomic E-state index is 16.2. The molecule has 422 valence electrons. The number of H-pyrrole nitrogens is 1. The highest BCUT2D eigenvalue weighted by Crippen LogP contribution is 2.60. The third kappa shape index (κ3) is 8.26. The molecule has 0 amide bonds. The molecule has 12 nitrogen and oxygen atoms in total. The highest BCUT2D eigenvalue weighted by Gasteiger charge is 2.62. The fraction of sp³-hybridized carbons (Fsp3) is 0.450. The van der Waals surface area contributed by atoms with Crippen molar-refractivity contribution in [2.24, 2.45) is 49.0 Å². The molecular formula is C60H56F9N9O3. The Morgan fingerprint density at radius 2 is 0.802 bits per heavy atom. The van der Waals surface area contributed by atoms with Crippen LogP contribution < -0.4 is 0 Å². The van der Waals surface area contributed by atoms with Crippen molar-refractivity contribution in [1.29, 1.82) is 0 Å². The summed E-state index contributed by atoms with van der Waals surface area (Å²) in [4.78, 5) is 58.4. The Kier molecular flexibility index (Phi) is 11.8. The Labute approximate surface area is 459 Å². The van der Waals surface area contributed by atoms with E-state index in [1.54, 1.807) is 112 Å². The van der Waals surface area contributed by atoms with Crippen LogP contribution in [0.15, 0.2) is 106 Å². The monoisotopic (exact) mass is 1120 g/mol. The summed E-state index contributed by atoms with van der Waals surface area (Å²) in [6.45, 7) is 10.6. The standard InChI is InChI=1S/C60H56F9N9O3/c1-52(2)23-34-40(37(79)26-52)56(6,32-19-13-9-14-20-32)44-47(59(64,65)66)77(75-50(44)71-34)30-54(4)25-36-42(39(81)28-54)57(7,33-21-15-10-16-22-33)45-48(60(67,68)69)78(76-51(45)72-36)29-53(3)24-35-41(38(80)27-53)55(5,31-17-11-8-12-18-31)43-46(58(61,62)63)73-74-49(43)70-35/h8-22,40-42H,23-30H2,1-7H3,(H,73,74). The number of halogens is 9. The molecule has 6 aromatic rings. The van der Waals surface area contributed by atoms with Crippen LogP contribution in [-0.2, 0) is 62.2 Å². The number of nitrogens with zero attached hydrogens (tertiary/aromatic N) is 8. The zero-order valence-electron chi connectivity index (χ0n) is 45.3. The second-order valence-corrected chi connectivity index (χ2v) is 25.3. The Morgan fingerprint density at radius 1 is 0.457 bits per heavy atom. The molecule has 6 heterocycles. The van der Waals surface area contributed by atoms with E-state index in [1.165, 1.54) is 13.8 Å². The minimum absolute atomic E-state index is 0.108. The Morgan fingerprint density at radius 3 is 1.17 bits per heavy atom. The maximum Gasteiger partial charge on any atom is 0.433 e. The number of hydrogen-bond acceptors (Lipinski definition) is 9. The minimum Gasteiger partial charge on any atom is -0.299 e. The molecule has 0 spiro atoms. The second-order valence-electron chi connectivity index (χ2n) is 25.3. The van der Waals surface area contributed by atoms with Gasteiger partial charge in [-0.1, -0.05) is 139 Å². The number of hydrogen-bond donors (Lipinski definition) is 1. The third-order valence-electron chi connectivity index (χ3n) is 18.4. The number of ketones is 3. The average Bonchev–Trinajstić information content (AvgIpc) is 3.25. The Hall–Kier alpha value is -7.32. The number of carbonyl (C=O) groups excluding carboxylic acids is 3. The number of fused-ring (bicyclic) bond motifs is 6. The number of aromatic nitrogens is 6. The summed E-state index contributed by atoms with van der Waals surface area (Å²) >= 11 is 0.